The molecule has 0 bridgehead atoms. The standard InChI is InChI=1S/C24H48O3/c1-3-4-5-6-7-8-9-10-11-12-13-14-15-16-17-18-19-27-22-24(21-25)20-23(2)26/h24-25H,3-22H2,1-2H3. The van der Waals surface area contributed by atoms with Crippen LogP contribution in [0, 0.1) is 5.92 Å². The molecule has 0 rings (SSSR count). The number of carbonyl (C=O) groups excluding carboxylic acids is 1. The van der Waals surface area contributed by atoms with Crippen molar-refractivity contribution in [3.8, 4) is 0 Å². The molecule has 0 radical (unpaired) electrons. The summed E-state index contributed by atoms with van der Waals surface area (Å²) in [4.78, 5) is 11.0. The number of rotatable bonds is 22. The molecule has 3 heteroatoms. The minimum absolute atomic E-state index is 0.0245. The Morgan fingerprint density at radius 3 is 1.52 bits per heavy atom. The topological polar surface area (TPSA) is 46.5 Å². The Labute approximate surface area is 169 Å². The third-order valence-electron chi connectivity index (χ3n) is 5.33. The second kappa shape index (κ2) is 21.9. The molecule has 0 saturated heterocycles. The maximum Gasteiger partial charge on any atom is 0.130 e. The first kappa shape index (κ1) is 26.6. The number of hydrogen-bond donors (Lipinski definition) is 1. The van der Waals surface area contributed by atoms with Gasteiger partial charge in [-0.1, -0.05) is 103 Å². The summed E-state index contributed by atoms with van der Waals surface area (Å²) in [6.45, 7) is 5.15. The minimum atomic E-state index is -0.0245. The SMILES string of the molecule is CCCCCCCCCCCCCCCCCCOCC(CO)CC(C)=O. The van der Waals surface area contributed by atoms with E-state index in [0.717, 1.165) is 13.0 Å². The third kappa shape index (κ3) is 21.7. The van der Waals surface area contributed by atoms with E-state index in [1.165, 1.54) is 96.3 Å². The Bertz CT molecular complexity index is 304. The number of carbonyl (C=O) groups is 1. The van der Waals surface area contributed by atoms with Crippen LogP contribution >= 0.6 is 0 Å². The fourth-order valence-electron chi connectivity index (χ4n) is 3.58. The highest BCUT2D eigenvalue weighted by Crippen LogP contribution is 2.13. The first-order chi connectivity index (χ1) is 13.2. The summed E-state index contributed by atoms with van der Waals surface area (Å²) < 4.78 is 5.59. The normalized spacial score (nSPS) is 12.4. The van der Waals surface area contributed by atoms with E-state index in [1.807, 2.05) is 0 Å². The van der Waals surface area contributed by atoms with Gasteiger partial charge in [-0.25, -0.2) is 0 Å². The molecule has 27 heavy (non-hydrogen) atoms. The first-order valence-corrected chi connectivity index (χ1v) is 11.9. The van der Waals surface area contributed by atoms with Crippen LogP contribution in [-0.4, -0.2) is 30.7 Å². The smallest absolute Gasteiger partial charge is 0.130 e. The Morgan fingerprint density at radius 2 is 1.15 bits per heavy atom. The lowest BCUT2D eigenvalue weighted by Crippen LogP contribution is -2.17. The van der Waals surface area contributed by atoms with Gasteiger partial charge in [0.15, 0.2) is 0 Å². The Morgan fingerprint density at radius 1 is 0.741 bits per heavy atom. The van der Waals surface area contributed by atoms with Gasteiger partial charge in [0, 0.05) is 25.6 Å². The molecule has 0 aromatic carbocycles. The highest BCUT2D eigenvalue weighted by atomic mass is 16.5. The average molecular weight is 385 g/mol. The van der Waals surface area contributed by atoms with Crippen molar-refractivity contribution in [3.05, 3.63) is 0 Å². The molecular formula is C24H48O3. The van der Waals surface area contributed by atoms with E-state index >= 15 is 0 Å². The molecule has 0 saturated carbocycles. The maximum atomic E-state index is 11.0. The largest absolute Gasteiger partial charge is 0.396 e. The van der Waals surface area contributed by atoms with Gasteiger partial charge in [0.2, 0.25) is 0 Å². The quantitative estimate of drug-likeness (QED) is 0.208. The molecule has 0 aromatic rings. The summed E-state index contributed by atoms with van der Waals surface area (Å²) in [5.74, 6) is 0.101. The van der Waals surface area contributed by atoms with Gasteiger partial charge < -0.3 is 14.6 Å². The Kier molecular flexibility index (Phi) is 21.6. The van der Waals surface area contributed by atoms with Crippen LogP contribution in [0.15, 0.2) is 0 Å². The fraction of sp³-hybridized carbons (Fsp3) is 0.958. The van der Waals surface area contributed by atoms with Crippen LogP contribution in [0.3, 0.4) is 0 Å². The fourth-order valence-corrected chi connectivity index (χ4v) is 3.58. The number of unbranched alkanes of at least 4 members (excludes halogenated alkanes) is 15. The molecule has 1 atom stereocenters. The lowest BCUT2D eigenvalue weighted by atomic mass is 10.0. The zero-order chi connectivity index (χ0) is 20.0. The molecule has 0 aromatic heterocycles. The molecular weight excluding hydrogens is 336 g/mol. The van der Waals surface area contributed by atoms with E-state index in [1.54, 1.807) is 6.92 Å². The number of aliphatic hydroxyl groups is 1. The zero-order valence-corrected chi connectivity index (χ0v) is 18.5. The summed E-state index contributed by atoms with van der Waals surface area (Å²) in [7, 11) is 0. The molecule has 0 aliphatic heterocycles. The highest BCUT2D eigenvalue weighted by Gasteiger charge is 2.10. The van der Waals surface area contributed by atoms with Crippen LogP contribution in [0.4, 0.5) is 0 Å². The molecule has 0 aliphatic rings. The van der Waals surface area contributed by atoms with E-state index < -0.39 is 0 Å². The van der Waals surface area contributed by atoms with Crippen molar-refractivity contribution in [2.24, 2.45) is 5.92 Å². The van der Waals surface area contributed by atoms with Crippen molar-refractivity contribution >= 4 is 5.78 Å². The van der Waals surface area contributed by atoms with E-state index in [4.69, 9.17) is 4.74 Å². The van der Waals surface area contributed by atoms with E-state index in [0.29, 0.717) is 13.0 Å². The van der Waals surface area contributed by atoms with Crippen molar-refractivity contribution < 1.29 is 14.6 Å². The number of ether oxygens (including phenoxy) is 1. The van der Waals surface area contributed by atoms with Crippen LogP contribution in [0.25, 0.3) is 0 Å². The lowest BCUT2D eigenvalue weighted by Gasteiger charge is -2.12. The van der Waals surface area contributed by atoms with Crippen LogP contribution in [-0.2, 0) is 9.53 Å². The lowest BCUT2D eigenvalue weighted by molar-refractivity contribution is -0.118. The van der Waals surface area contributed by atoms with Crippen LogP contribution in [0.2, 0.25) is 0 Å². The molecule has 0 fully saturated rings. The van der Waals surface area contributed by atoms with Gasteiger partial charge in [0.05, 0.1) is 6.61 Å². The maximum absolute atomic E-state index is 11.0. The van der Waals surface area contributed by atoms with Gasteiger partial charge >= 0.3 is 0 Å². The molecule has 0 amide bonds. The van der Waals surface area contributed by atoms with E-state index in [2.05, 4.69) is 6.92 Å². The zero-order valence-electron chi connectivity index (χ0n) is 18.5. The average Bonchev–Trinajstić information content (AvgIpc) is 2.65. The predicted molar refractivity (Wildman–Crippen MR) is 116 cm³/mol. The summed E-state index contributed by atoms with van der Waals surface area (Å²) in [6, 6.07) is 0. The first-order valence-electron chi connectivity index (χ1n) is 11.9. The number of hydrogen-bond acceptors (Lipinski definition) is 3. The van der Waals surface area contributed by atoms with Gasteiger partial charge in [-0.3, -0.25) is 0 Å². The van der Waals surface area contributed by atoms with Gasteiger partial charge in [0.25, 0.3) is 0 Å². The van der Waals surface area contributed by atoms with Gasteiger partial charge in [-0.05, 0) is 13.3 Å². The van der Waals surface area contributed by atoms with Crippen LogP contribution < -0.4 is 0 Å². The van der Waals surface area contributed by atoms with Gasteiger partial charge in [-0.15, -0.1) is 0 Å². The molecule has 3 nitrogen and oxygen atoms in total. The molecule has 0 aliphatic carbocycles. The van der Waals surface area contributed by atoms with E-state index in [9.17, 15) is 9.90 Å². The minimum Gasteiger partial charge on any atom is -0.396 e. The number of aliphatic hydroxyl groups excluding tert-OH is 1. The highest BCUT2D eigenvalue weighted by molar-refractivity contribution is 5.75. The molecule has 1 unspecified atom stereocenters. The summed E-state index contributed by atoms with van der Waals surface area (Å²) >= 11 is 0. The van der Waals surface area contributed by atoms with Gasteiger partial charge in [-0.2, -0.15) is 0 Å². The third-order valence-corrected chi connectivity index (χ3v) is 5.33. The molecule has 0 spiro atoms. The van der Waals surface area contributed by atoms with Crippen LogP contribution in [0.5, 0.6) is 0 Å². The van der Waals surface area contributed by atoms with Gasteiger partial charge in [0.1, 0.15) is 5.78 Å². The molecule has 0 heterocycles. The predicted octanol–water partition coefficient (Wildman–Crippen LogP) is 6.85. The Balaban J connectivity index is 3.13. The summed E-state index contributed by atoms with van der Waals surface area (Å²) in [6.07, 6.45) is 22.4. The second-order valence-corrected chi connectivity index (χ2v) is 8.33. The summed E-state index contributed by atoms with van der Waals surface area (Å²) in [5.41, 5.74) is 0. The Hall–Kier alpha value is -0.410. The monoisotopic (exact) mass is 384 g/mol. The van der Waals surface area contributed by atoms with Crippen molar-refractivity contribution in [1.82, 2.24) is 0 Å². The van der Waals surface area contributed by atoms with Crippen molar-refractivity contribution in [3.63, 3.8) is 0 Å². The molecule has 1 N–H and O–H groups in total. The van der Waals surface area contributed by atoms with E-state index in [-0.39, 0.29) is 18.3 Å². The van der Waals surface area contributed by atoms with Crippen LogP contribution in [0.1, 0.15) is 123 Å². The molecule has 162 valence electrons. The summed E-state index contributed by atoms with van der Waals surface area (Å²) in [5, 5.41) is 9.19. The number of ketones is 1. The van der Waals surface area contributed by atoms with Crippen molar-refractivity contribution in [2.45, 2.75) is 123 Å². The van der Waals surface area contributed by atoms with Crippen molar-refractivity contribution in [2.75, 3.05) is 19.8 Å². The second-order valence-electron chi connectivity index (χ2n) is 8.33. The number of Topliss-reactive ketones (excluding diaryl/α,β-unsaturated/α-hetero) is 1. The van der Waals surface area contributed by atoms with Crippen molar-refractivity contribution in [1.29, 1.82) is 0 Å².